The van der Waals surface area contributed by atoms with E-state index in [2.05, 4.69) is 26.2 Å². The van der Waals surface area contributed by atoms with E-state index >= 15 is 0 Å². The Kier molecular flexibility index (Phi) is 5.02. The molecule has 1 aromatic rings. The monoisotopic (exact) mass is 275 g/mol. The van der Waals surface area contributed by atoms with Crippen LogP contribution in [0.4, 0.5) is 0 Å². The van der Waals surface area contributed by atoms with Gasteiger partial charge in [0.15, 0.2) is 5.96 Å². The fourth-order valence-electron chi connectivity index (χ4n) is 2.23. The Balaban J connectivity index is 1.97. The van der Waals surface area contributed by atoms with Crippen LogP contribution in [0.5, 0.6) is 0 Å². The summed E-state index contributed by atoms with van der Waals surface area (Å²) in [5, 5.41) is 7.47. The molecule has 0 amide bonds. The van der Waals surface area contributed by atoms with Gasteiger partial charge in [0.1, 0.15) is 6.10 Å². The summed E-state index contributed by atoms with van der Waals surface area (Å²) in [6.07, 6.45) is 9.82. The standard InChI is InChI=1S/C14H21N5O/c1-4-5-6-16-14(15-2)19-7-8-20-13(11-19)12-9-17-18(3)10-12/h1,9-10,13H,5-8,11H2,2-3H3,(H,15,16). The van der Waals surface area contributed by atoms with Gasteiger partial charge >= 0.3 is 0 Å². The number of aliphatic imine (C=N–C) groups is 1. The summed E-state index contributed by atoms with van der Waals surface area (Å²) in [6, 6.07) is 0. The smallest absolute Gasteiger partial charge is 0.193 e. The summed E-state index contributed by atoms with van der Waals surface area (Å²) in [6.45, 7) is 3.00. The molecule has 108 valence electrons. The average Bonchev–Trinajstić information content (AvgIpc) is 2.90. The van der Waals surface area contributed by atoms with Crippen LogP contribution in [0.1, 0.15) is 18.1 Å². The van der Waals surface area contributed by atoms with E-state index in [1.807, 2.05) is 19.4 Å². The van der Waals surface area contributed by atoms with E-state index in [9.17, 15) is 0 Å². The van der Waals surface area contributed by atoms with E-state index in [1.54, 1.807) is 11.7 Å². The highest BCUT2D eigenvalue weighted by Gasteiger charge is 2.24. The molecule has 0 saturated carbocycles. The van der Waals surface area contributed by atoms with Crippen molar-refractivity contribution >= 4 is 5.96 Å². The van der Waals surface area contributed by atoms with E-state index in [-0.39, 0.29) is 6.10 Å². The van der Waals surface area contributed by atoms with Crippen molar-refractivity contribution < 1.29 is 4.74 Å². The van der Waals surface area contributed by atoms with Gasteiger partial charge in [-0.05, 0) is 0 Å². The fraction of sp³-hybridized carbons (Fsp3) is 0.571. The third-order valence-corrected chi connectivity index (χ3v) is 3.23. The lowest BCUT2D eigenvalue weighted by atomic mass is 10.1. The number of nitrogens with one attached hydrogen (secondary N) is 1. The van der Waals surface area contributed by atoms with Gasteiger partial charge in [-0.15, -0.1) is 12.3 Å². The van der Waals surface area contributed by atoms with Gasteiger partial charge in [-0.25, -0.2) is 0 Å². The van der Waals surface area contributed by atoms with Gasteiger partial charge in [0.05, 0.1) is 19.3 Å². The van der Waals surface area contributed by atoms with Crippen LogP contribution < -0.4 is 5.32 Å². The lowest BCUT2D eigenvalue weighted by Gasteiger charge is -2.34. The predicted molar refractivity (Wildman–Crippen MR) is 78.3 cm³/mol. The summed E-state index contributed by atoms with van der Waals surface area (Å²) in [7, 11) is 3.69. The van der Waals surface area contributed by atoms with Crippen LogP contribution in [0, 0.1) is 12.3 Å². The minimum Gasteiger partial charge on any atom is -0.370 e. The Morgan fingerprint density at radius 1 is 1.70 bits per heavy atom. The number of aryl methyl sites for hydroxylation is 1. The largest absolute Gasteiger partial charge is 0.370 e. The molecule has 0 spiro atoms. The van der Waals surface area contributed by atoms with Crippen LogP contribution in [0.25, 0.3) is 0 Å². The topological polar surface area (TPSA) is 54.7 Å². The number of terminal acetylenes is 1. The lowest BCUT2D eigenvalue weighted by Crippen LogP contribution is -2.48. The highest BCUT2D eigenvalue weighted by Crippen LogP contribution is 2.21. The second kappa shape index (κ2) is 6.96. The molecular formula is C14H21N5O. The highest BCUT2D eigenvalue weighted by atomic mass is 16.5. The van der Waals surface area contributed by atoms with Gasteiger partial charge in [0.2, 0.25) is 0 Å². The van der Waals surface area contributed by atoms with Gasteiger partial charge in [-0.3, -0.25) is 9.67 Å². The second-order valence-electron chi connectivity index (χ2n) is 4.68. The molecule has 2 rings (SSSR count). The van der Waals surface area contributed by atoms with Gasteiger partial charge in [0.25, 0.3) is 0 Å². The van der Waals surface area contributed by atoms with E-state index in [0.29, 0.717) is 13.0 Å². The Morgan fingerprint density at radius 3 is 3.20 bits per heavy atom. The van der Waals surface area contributed by atoms with Crippen molar-refractivity contribution in [2.24, 2.45) is 12.0 Å². The highest BCUT2D eigenvalue weighted by molar-refractivity contribution is 5.80. The number of nitrogens with zero attached hydrogens (tertiary/aromatic N) is 4. The molecular weight excluding hydrogens is 254 g/mol. The van der Waals surface area contributed by atoms with E-state index in [4.69, 9.17) is 11.2 Å². The summed E-state index contributed by atoms with van der Waals surface area (Å²) in [4.78, 5) is 6.50. The summed E-state index contributed by atoms with van der Waals surface area (Å²) in [5.41, 5.74) is 1.09. The molecule has 20 heavy (non-hydrogen) atoms. The maximum atomic E-state index is 5.82. The normalized spacial score (nSPS) is 19.8. The first kappa shape index (κ1) is 14.4. The number of hydrogen-bond acceptors (Lipinski definition) is 3. The van der Waals surface area contributed by atoms with Crippen LogP contribution in [0.15, 0.2) is 17.4 Å². The molecule has 6 nitrogen and oxygen atoms in total. The van der Waals surface area contributed by atoms with Crippen molar-refractivity contribution in [3.05, 3.63) is 18.0 Å². The first-order valence-electron chi connectivity index (χ1n) is 6.73. The molecule has 1 N–H and O–H groups in total. The number of hydrogen-bond donors (Lipinski definition) is 1. The van der Waals surface area contributed by atoms with E-state index in [0.717, 1.165) is 31.2 Å². The zero-order valence-electron chi connectivity index (χ0n) is 12.0. The molecule has 0 radical (unpaired) electrons. The minimum atomic E-state index is 0.0311. The molecule has 1 aliphatic rings. The Morgan fingerprint density at radius 2 is 2.55 bits per heavy atom. The first-order chi connectivity index (χ1) is 9.74. The number of ether oxygens (including phenoxy) is 1. The maximum Gasteiger partial charge on any atom is 0.193 e. The molecule has 0 aliphatic carbocycles. The average molecular weight is 275 g/mol. The van der Waals surface area contributed by atoms with Gasteiger partial charge < -0.3 is 15.0 Å². The molecule has 1 saturated heterocycles. The zero-order valence-corrected chi connectivity index (χ0v) is 12.0. The van der Waals surface area contributed by atoms with E-state index in [1.165, 1.54) is 0 Å². The fourth-order valence-corrected chi connectivity index (χ4v) is 2.23. The van der Waals surface area contributed by atoms with Crippen molar-refractivity contribution in [2.75, 3.05) is 33.3 Å². The molecule has 0 bridgehead atoms. The van der Waals surface area contributed by atoms with Crippen LogP contribution in [0.3, 0.4) is 0 Å². The summed E-state index contributed by atoms with van der Waals surface area (Å²) < 4.78 is 7.61. The maximum absolute atomic E-state index is 5.82. The van der Waals surface area contributed by atoms with Crippen molar-refractivity contribution in [3.8, 4) is 12.3 Å². The molecule has 6 heteroatoms. The summed E-state index contributed by atoms with van der Waals surface area (Å²) >= 11 is 0. The third kappa shape index (κ3) is 3.52. The molecule has 1 aliphatic heterocycles. The van der Waals surface area contributed by atoms with Crippen LogP contribution in [-0.4, -0.2) is 53.9 Å². The predicted octanol–water partition coefficient (Wildman–Crippen LogP) is 0.392. The number of aromatic nitrogens is 2. The van der Waals surface area contributed by atoms with E-state index < -0.39 is 0 Å². The van der Waals surface area contributed by atoms with Crippen LogP contribution in [0.2, 0.25) is 0 Å². The van der Waals surface area contributed by atoms with Gasteiger partial charge in [-0.2, -0.15) is 5.10 Å². The number of rotatable bonds is 3. The molecule has 2 heterocycles. The molecule has 1 unspecified atom stereocenters. The van der Waals surface area contributed by atoms with Crippen molar-refractivity contribution in [3.63, 3.8) is 0 Å². The lowest BCUT2D eigenvalue weighted by molar-refractivity contribution is -0.00800. The van der Waals surface area contributed by atoms with Crippen molar-refractivity contribution in [1.82, 2.24) is 20.0 Å². The van der Waals surface area contributed by atoms with Crippen LogP contribution >= 0.6 is 0 Å². The summed E-state index contributed by atoms with van der Waals surface area (Å²) in [5.74, 6) is 3.49. The Bertz CT molecular complexity index is 502. The second-order valence-corrected chi connectivity index (χ2v) is 4.68. The first-order valence-corrected chi connectivity index (χ1v) is 6.73. The Hall–Kier alpha value is -2.00. The molecule has 1 atom stereocenters. The third-order valence-electron chi connectivity index (χ3n) is 3.23. The van der Waals surface area contributed by atoms with Gasteiger partial charge in [-0.1, -0.05) is 0 Å². The molecule has 0 aromatic carbocycles. The van der Waals surface area contributed by atoms with Crippen LogP contribution in [-0.2, 0) is 11.8 Å². The SMILES string of the molecule is C#CCCNC(=NC)N1CCOC(c2cnn(C)c2)C1. The molecule has 1 aromatic heterocycles. The Labute approximate surface area is 119 Å². The quantitative estimate of drug-likeness (QED) is 0.375. The zero-order chi connectivity index (χ0) is 14.4. The van der Waals surface area contributed by atoms with Crippen molar-refractivity contribution in [1.29, 1.82) is 0 Å². The number of morpholine rings is 1. The minimum absolute atomic E-state index is 0.0311. The number of guanidine groups is 1. The van der Waals surface area contributed by atoms with Crippen molar-refractivity contribution in [2.45, 2.75) is 12.5 Å². The van der Waals surface area contributed by atoms with Gasteiger partial charge in [0, 0.05) is 45.4 Å². The molecule has 1 fully saturated rings.